The van der Waals surface area contributed by atoms with Gasteiger partial charge >= 0.3 is 0 Å². The molecule has 6 nitrogen and oxygen atoms in total. The third-order valence-corrected chi connectivity index (χ3v) is 3.54. The monoisotopic (exact) mass is 262 g/mol. The number of methoxy groups -OCH3 is 1. The van der Waals surface area contributed by atoms with Crippen molar-refractivity contribution in [3.63, 3.8) is 0 Å². The Morgan fingerprint density at radius 2 is 2.11 bits per heavy atom. The molecule has 19 heavy (non-hydrogen) atoms. The van der Waals surface area contributed by atoms with E-state index < -0.39 is 0 Å². The van der Waals surface area contributed by atoms with Crippen LogP contribution in [0.2, 0.25) is 0 Å². The van der Waals surface area contributed by atoms with Crippen molar-refractivity contribution >= 4 is 6.21 Å². The lowest BCUT2D eigenvalue weighted by molar-refractivity contribution is -0.0969. The SMILES string of the molecule is COC1=C(C)CN(C)C2=C1N=CC1=CN(OC)CN12. The smallest absolute Gasteiger partial charge is 0.148 e. The largest absolute Gasteiger partial charge is 0.494 e. The summed E-state index contributed by atoms with van der Waals surface area (Å²) in [6.07, 6.45) is 3.79. The first kappa shape index (κ1) is 12.1. The van der Waals surface area contributed by atoms with E-state index in [-0.39, 0.29) is 0 Å². The molecule has 0 atom stereocenters. The molecule has 0 saturated carbocycles. The van der Waals surface area contributed by atoms with Crippen molar-refractivity contribution in [3.8, 4) is 0 Å². The lowest BCUT2D eigenvalue weighted by Crippen LogP contribution is -2.40. The van der Waals surface area contributed by atoms with Crippen LogP contribution in [0.1, 0.15) is 6.92 Å². The van der Waals surface area contributed by atoms with E-state index in [1.807, 2.05) is 12.4 Å². The van der Waals surface area contributed by atoms with Gasteiger partial charge in [-0.25, -0.2) is 10.1 Å². The highest BCUT2D eigenvalue weighted by Gasteiger charge is 2.35. The Balaban J connectivity index is 2.05. The summed E-state index contributed by atoms with van der Waals surface area (Å²) in [7, 11) is 5.43. The molecule has 3 rings (SSSR count). The van der Waals surface area contributed by atoms with Crippen LogP contribution >= 0.6 is 0 Å². The van der Waals surface area contributed by atoms with Crippen molar-refractivity contribution in [2.45, 2.75) is 6.92 Å². The summed E-state index contributed by atoms with van der Waals surface area (Å²) in [6.45, 7) is 3.58. The molecule has 0 aromatic heterocycles. The van der Waals surface area contributed by atoms with Crippen LogP contribution in [-0.4, -0.2) is 55.6 Å². The van der Waals surface area contributed by atoms with E-state index in [0.717, 1.165) is 29.5 Å². The standard InChI is InChI=1S/C13H18N4O2/c1-9-6-15(2)13-11(12(9)18-3)14-5-10-7-16(19-4)8-17(10)13/h5,7H,6,8H2,1-4H3. The number of allylic oxidation sites excluding steroid dienone is 1. The molecule has 3 aliphatic heterocycles. The Labute approximate surface area is 112 Å². The second-order valence-corrected chi connectivity index (χ2v) is 4.82. The highest BCUT2D eigenvalue weighted by Crippen LogP contribution is 2.36. The van der Waals surface area contributed by atoms with Crippen LogP contribution < -0.4 is 0 Å². The summed E-state index contributed by atoms with van der Waals surface area (Å²) >= 11 is 0. The van der Waals surface area contributed by atoms with Crippen molar-refractivity contribution in [1.29, 1.82) is 0 Å². The van der Waals surface area contributed by atoms with E-state index in [1.165, 1.54) is 5.57 Å². The van der Waals surface area contributed by atoms with Gasteiger partial charge in [-0.05, 0) is 12.5 Å². The molecule has 102 valence electrons. The van der Waals surface area contributed by atoms with Crippen LogP contribution in [0.25, 0.3) is 0 Å². The lowest BCUT2D eigenvalue weighted by Gasteiger charge is -2.38. The van der Waals surface area contributed by atoms with Crippen molar-refractivity contribution in [2.24, 2.45) is 4.99 Å². The maximum Gasteiger partial charge on any atom is 0.148 e. The minimum atomic E-state index is 0.664. The molecule has 0 aromatic carbocycles. The van der Waals surface area contributed by atoms with Crippen molar-refractivity contribution in [2.75, 3.05) is 34.5 Å². The number of fused-ring (bicyclic) bond motifs is 2. The fourth-order valence-corrected chi connectivity index (χ4v) is 2.72. The molecule has 0 fully saturated rings. The molecule has 0 amide bonds. The van der Waals surface area contributed by atoms with Crippen LogP contribution in [-0.2, 0) is 9.57 Å². The molecule has 0 radical (unpaired) electrons. The molecule has 0 unspecified atom stereocenters. The maximum absolute atomic E-state index is 5.51. The van der Waals surface area contributed by atoms with E-state index in [9.17, 15) is 0 Å². The van der Waals surface area contributed by atoms with Crippen LogP contribution in [0.15, 0.2) is 39.7 Å². The van der Waals surface area contributed by atoms with Gasteiger partial charge in [0.25, 0.3) is 0 Å². The summed E-state index contributed by atoms with van der Waals surface area (Å²) in [5.74, 6) is 1.94. The van der Waals surface area contributed by atoms with E-state index in [0.29, 0.717) is 6.67 Å². The first-order chi connectivity index (χ1) is 9.15. The number of rotatable bonds is 2. The summed E-state index contributed by atoms with van der Waals surface area (Å²) in [5, 5.41) is 1.78. The highest BCUT2D eigenvalue weighted by molar-refractivity contribution is 5.82. The van der Waals surface area contributed by atoms with Gasteiger partial charge in [0.15, 0.2) is 0 Å². The van der Waals surface area contributed by atoms with Crippen LogP contribution in [0.4, 0.5) is 0 Å². The number of hydrogen-bond acceptors (Lipinski definition) is 6. The quantitative estimate of drug-likeness (QED) is 0.745. The van der Waals surface area contributed by atoms with E-state index in [4.69, 9.17) is 9.57 Å². The average Bonchev–Trinajstić information content (AvgIpc) is 2.81. The van der Waals surface area contributed by atoms with Crippen molar-refractivity contribution < 1.29 is 9.57 Å². The van der Waals surface area contributed by atoms with E-state index in [1.54, 1.807) is 19.3 Å². The van der Waals surface area contributed by atoms with Crippen LogP contribution in [0.3, 0.4) is 0 Å². The van der Waals surface area contributed by atoms with Gasteiger partial charge < -0.3 is 14.5 Å². The minimum Gasteiger partial charge on any atom is -0.494 e. The Morgan fingerprint density at radius 1 is 1.32 bits per heavy atom. The van der Waals surface area contributed by atoms with Crippen molar-refractivity contribution in [1.82, 2.24) is 14.9 Å². The average molecular weight is 262 g/mol. The Kier molecular flexibility index (Phi) is 2.74. The van der Waals surface area contributed by atoms with Gasteiger partial charge in [-0.2, -0.15) is 0 Å². The second-order valence-electron chi connectivity index (χ2n) is 4.82. The van der Waals surface area contributed by atoms with Crippen LogP contribution in [0.5, 0.6) is 0 Å². The summed E-state index contributed by atoms with van der Waals surface area (Å²) in [6, 6.07) is 0. The molecule has 0 saturated heterocycles. The van der Waals surface area contributed by atoms with Crippen molar-refractivity contribution in [3.05, 3.63) is 34.7 Å². The molecule has 3 aliphatic rings. The maximum atomic E-state index is 5.51. The van der Waals surface area contributed by atoms with Gasteiger partial charge in [0.1, 0.15) is 23.9 Å². The molecular formula is C13H18N4O2. The Bertz CT molecular complexity index is 533. The fraction of sp³-hybridized carbons (Fsp3) is 0.462. The van der Waals surface area contributed by atoms with Gasteiger partial charge in [0.05, 0.1) is 32.3 Å². The fourth-order valence-electron chi connectivity index (χ4n) is 2.72. The van der Waals surface area contributed by atoms with E-state index in [2.05, 4.69) is 28.8 Å². The molecule has 3 heterocycles. The topological polar surface area (TPSA) is 40.5 Å². The highest BCUT2D eigenvalue weighted by atomic mass is 16.7. The molecule has 0 N–H and O–H groups in total. The predicted octanol–water partition coefficient (Wildman–Crippen LogP) is 1.08. The number of ether oxygens (including phenoxy) is 1. The molecule has 0 spiro atoms. The van der Waals surface area contributed by atoms with Crippen LogP contribution in [0, 0.1) is 0 Å². The number of likely N-dealkylation sites (N-methyl/N-ethyl adjacent to an activating group) is 1. The molecule has 0 aliphatic carbocycles. The summed E-state index contributed by atoms with van der Waals surface area (Å²) < 4.78 is 5.51. The second kappa shape index (κ2) is 4.31. The number of hydroxylamine groups is 2. The normalized spacial score (nSPS) is 21.9. The minimum absolute atomic E-state index is 0.664. The molecular weight excluding hydrogens is 244 g/mol. The Morgan fingerprint density at radius 3 is 2.79 bits per heavy atom. The number of aliphatic imine (C=N–C) groups is 1. The Hall–Kier alpha value is -1.95. The third kappa shape index (κ3) is 1.71. The van der Waals surface area contributed by atoms with Gasteiger partial charge in [-0.3, -0.25) is 4.84 Å². The number of nitrogens with zero attached hydrogens (tertiary/aromatic N) is 4. The van der Waals surface area contributed by atoms with Gasteiger partial charge in [0.2, 0.25) is 0 Å². The first-order valence-corrected chi connectivity index (χ1v) is 6.19. The third-order valence-electron chi connectivity index (χ3n) is 3.54. The molecule has 0 bridgehead atoms. The van der Waals surface area contributed by atoms with E-state index >= 15 is 0 Å². The number of hydrogen-bond donors (Lipinski definition) is 0. The van der Waals surface area contributed by atoms with Gasteiger partial charge in [-0.1, -0.05) is 0 Å². The zero-order valence-electron chi connectivity index (χ0n) is 11.7. The first-order valence-electron chi connectivity index (χ1n) is 6.19. The summed E-state index contributed by atoms with van der Waals surface area (Å²) in [4.78, 5) is 14.2. The lowest BCUT2D eigenvalue weighted by atomic mass is 10.1. The zero-order valence-corrected chi connectivity index (χ0v) is 11.7. The molecule has 6 heteroatoms. The summed E-state index contributed by atoms with van der Waals surface area (Å²) in [5.41, 5.74) is 3.11. The predicted molar refractivity (Wildman–Crippen MR) is 71.5 cm³/mol. The van der Waals surface area contributed by atoms with Gasteiger partial charge in [-0.15, -0.1) is 0 Å². The molecule has 0 aromatic rings. The zero-order chi connectivity index (χ0) is 13.6. The van der Waals surface area contributed by atoms with Gasteiger partial charge in [0, 0.05) is 13.6 Å².